The van der Waals surface area contributed by atoms with Gasteiger partial charge in [-0.05, 0) is 17.7 Å². The predicted molar refractivity (Wildman–Crippen MR) is 60.5 cm³/mol. The van der Waals surface area contributed by atoms with Crippen LogP contribution in [0.15, 0.2) is 24.3 Å². The number of rotatable bonds is 3. The molecule has 0 radical (unpaired) electrons. The first-order chi connectivity index (χ1) is 7.63. The fourth-order valence-electron chi connectivity index (χ4n) is 1.14. The Kier molecular flexibility index (Phi) is 4.10. The molecule has 0 aliphatic rings. The van der Waals surface area contributed by atoms with Crippen LogP contribution in [0.2, 0.25) is 0 Å². The summed E-state index contributed by atoms with van der Waals surface area (Å²) in [6.45, 7) is 1.89. The Hall–Kier alpha value is -2.28. The zero-order valence-corrected chi connectivity index (χ0v) is 8.90. The summed E-state index contributed by atoms with van der Waals surface area (Å²) < 4.78 is 0. The lowest BCUT2D eigenvalue weighted by Crippen LogP contribution is -2.19. The van der Waals surface area contributed by atoms with Crippen LogP contribution in [0, 0.1) is 11.3 Å². The zero-order valence-electron chi connectivity index (χ0n) is 8.90. The number of amides is 1. The summed E-state index contributed by atoms with van der Waals surface area (Å²) in [5.74, 6) is -0.116. The van der Waals surface area contributed by atoms with Gasteiger partial charge in [0, 0.05) is 13.5 Å². The van der Waals surface area contributed by atoms with Gasteiger partial charge in [-0.25, -0.2) is 0 Å². The highest BCUT2D eigenvalue weighted by Crippen LogP contribution is 2.17. The van der Waals surface area contributed by atoms with E-state index in [0.717, 1.165) is 5.56 Å². The average molecular weight is 216 g/mol. The highest BCUT2D eigenvalue weighted by atomic mass is 16.3. The van der Waals surface area contributed by atoms with Crippen LogP contribution in [0.3, 0.4) is 0 Å². The van der Waals surface area contributed by atoms with Crippen molar-refractivity contribution in [2.24, 2.45) is 0 Å². The van der Waals surface area contributed by atoms with Gasteiger partial charge in [0.1, 0.15) is 11.8 Å². The third-order valence-corrected chi connectivity index (χ3v) is 1.92. The number of carbonyl (C=O) groups is 1. The monoisotopic (exact) mass is 216 g/mol. The van der Waals surface area contributed by atoms with E-state index in [-0.39, 0.29) is 17.2 Å². The van der Waals surface area contributed by atoms with E-state index in [1.165, 1.54) is 13.0 Å². The minimum Gasteiger partial charge on any atom is -0.507 e. The number of nitrogens with zero attached hydrogens (tertiary/aromatic N) is 1. The van der Waals surface area contributed by atoms with Crippen LogP contribution in [0.25, 0.3) is 6.08 Å². The van der Waals surface area contributed by atoms with Crippen LogP contribution in [0.4, 0.5) is 0 Å². The molecule has 1 amide bonds. The highest BCUT2D eigenvalue weighted by Gasteiger charge is 1.99. The summed E-state index contributed by atoms with van der Waals surface area (Å²) >= 11 is 0. The second-order valence-corrected chi connectivity index (χ2v) is 3.23. The van der Waals surface area contributed by atoms with Crippen LogP contribution in [-0.4, -0.2) is 17.6 Å². The van der Waals surface area contributed by atoms with E-state index in [4.69, 9.17) is 5.26 Å². The number of nitrogens with one attached hydrogen (secondary N) is 1. The fraction of sp³-hybridized carbons (Fsp3) is 0.167. The maximum absolute atomic E-state index is 10.6. The molecule has 0 aliphatic heterocycles. The lowest BCUT2D eigenvalue weighted by atomic mass is 10.1. The molecule has 0 saturated heterocycles. The minimum absolute atomic E-state index is 0.0264. The Balaban J connectivity index is 2.68. The van der Waals surface area contributed by atoms with E-state index in [9.17, 15) is 9.90 Å². The number of phenolic OH excluding ortho intramolecular Hbond substituents is 1. The van der Waals surface area contributed by atoms with E-state index in [1.54, 1.807) is 24.3 Å². The second kappa shape index (κ2) is 5.56. The largest absolute Gasteiger partial charge is 0.507 e. The van der Waals surface area contributed by atoms with Crippen molar-refractivity contribution in [1.82, 2.24) is 5.32 Å². The summed E-state index contributed by atoms with van der Waals surface area (Å²) in [5.41, 5.74) is 1.04. The number of aromatic hydroxyl groups is 1. The fourth-order valence-corrected chi connectivity index (χ4v) is 1.14. The molecule has 4 heteroatoms. The van der Waals surface area contributed by atoms with E-state index in [1.807, 2.05) is 6.07 Å². The third-order valence-electron chi connectivity index (χ3n) is 1.92. The molecular weight excluding hydrogens is 204 g/mol. The van der Waals surface area contributed by atoms with Crippen molar-refractivity contribution in [3.63, 3.8) is 0 Å². The molecule has 0 atom stereocenters. The molecule has 2 N–H and O–H groups in total. The van der Waals surface area contributed by atoms with Gasteiger partial charge >= 0.3 is 0 Å². The number of hydrogen-bond acceptors (Lipinski definition) is 3. The van der Waals surface area contributed by atoms with E-state index < -0.39 is 0 Å². The van der Waals surface area contributed by atoms with E-state index >= 15 is 0 Å². The second-order valence-electron chi connectivity index (χ2n) is 3.23. The molecule has 0 aromatic heterocycles. The van der Waals surface area contributed by atoms with E-state index in [2.05, 4.69) is 5.32 Å². The van der Waals surface area contributed by atoms with Crippen LogP contribution in [-0.2, 0) is 4.79 Å². The first-order valence-corrected chi connectivity index (χ1v) is 4.77. The Labute approximate surface area is 93.8 Å². The Bertz CT molecular complexity index is 459. The topological polar surface area (TPSA) is 73.1 Å². The Morgan fingerprint density at radius 1 is 1.62 bits per heavy atom. The number of nitriles is 1. The quantitative estimate of drug-likeness (QED) is 0.802. The van der Waals surface area contributed by atoms with Crippen LogP contribution >= 0.6 is 0 Å². The van der Waals surface area contributed by atoms with Gasteiger partial charge in [-0.15, -0.1) is 0 Å². The number of carbonyl (C=O) groups excluding carboxylic acids is 1. The van der Waals surface area contributed by atoms with E-state index in [0.29, 0.717) is 6.54 Å². The summed E-state index contributed by atoms with van der Waals surface area (Å²) in [5, 5.41) is 20.6. The molecule has 0 aliphatic carbocycles. The molecule has 0 unspecified atom stereocenters. The van der Waals surface area contributed by atoms with Crippen LogP contribution in [0.1, 0.15) is 18.1 Å². The summed E-state index contributed by atoms with van der Waals surface area (Å²) in [6.07, 6.45) is 3.55. The highest BCUT2D eigenvalue weighted by molar-refractivity contribution is 5.73. The molecule has 0 heterocycles. The van der Waals surface area contributed by atoms with Gasteiger partial charge in [-0.3, -0.25) is 4.79 Å². The first kappa shape index (κ1) is 11.8. The first-order valence-electron chi connectivity index (χ1n) is 4.77. The van der Waals surface area contributed by atoms with Crippen molar-refractivity contribution in [2.75, 3.05) is 6.54 Å². The van der Waals surface area contributed by atoms with Gasteiger partial charge in [0.25, 0.3) is 0 Å². The average Bonchev–Trinajstić information content (AvgIpc) is 2.26. The van der Waals surface area contributed by atoms with Crippen molar-refractivity contribution in [2.45, 2.75) is 6.92 Å². The van der Waals surface area contributed by atoms with Crippen LogP contribution in [0.5, 0.6) is 5.75 Å². The van der Waals surface area contributed by atoms with Gasteiger partial charge in [0.05, 0.1) is 5.56 Å². The third kappa shape index (κ3) is 3.46. The van der Waals surface area contributed by atoms with Gasteiger partial charge in [-0.1, -0.05) is 18.2 Å². The molecule has 4 nitrogen and oxygen atoms in total. The Morgan fingerprint density at radius 3 is 3.00 bits per heavy atom. The summed E-state index contributed by atoms with van der Waals surface area (Å²) in [4.78, 5) is 10.6. The van der Waals surface area contributed by atoms with Crippen molar-refractivity contribution in [3.8, 4) is 11.8 Å². The van der Waals surface area contributed by atoms with Crippen LogP contribution < -0.4 is 5.32 Å². The molecular formula is C12H12N2O2. The lowest BCUT2D eigenvalue weighted by Gasteiger charge is -1.98. The molecule has 1 aromatic carbocycles. The molecule has 16 heavy (non-hydrogen) atoms. The minimum atomic E-state index is -0.0897. The Morgan fingerprint density at radius 2 is 2.38 bits per heavy atom. The van der Waals surface area contributed by atoms with Crippen molar-refractivity contribution in [3.05, 3.63) is 35.4 Å². The van der Waals surface area contributed by atoms with Crippen molar-refractivity contribution in [1.29, 1.82) is 5.26 Å². The molecule has 0 fully saturated rings. The number of phenols is 1. The molecule has 0 spiro atoms. The van der Waals surface area contributed by atoms with Gasteiger partial charge in [-0.2, -0.15) is 5.26 Å². The summed E-state index contributed by atoms with van der Waals surface area (Å²) in [6, 6.07) is 6.64. The standard InChI is InChI=1S/C12H12N2O2/c1-9(15)14-6-2-3-10-4-5-12(16)11(7-10)8-13/h2-5,7,16H,6H2,1H3,(H,14,15). The predicted octanol–water partition coefficient (Wildman–Crippen LogP) is 1.41. The molecule has 0 bridgehead atoms. The number of benzene rings is 1. The molecule has 1 rings (SSSR count). The smallest absolute Gasteiger partial charge is 0.217 e. The van der Waals surface area contributed by atoms with Crippen molar-refractivity contribution >= 4 is 12.0 Å². The molecule has 0 saturated carbocycles. The van der Waals surface area contributed by atoms with Crippen molar-refractivity contribution < 1.29 is 9.90 Å². The van der Waals surface area contributed by atoms with Gasteiger partial charge in [0.15, 0.2) is 0 Å². The summed E-state index contributed by atoms with van der Waals surface area (Å²) in [7, 11) is 0. The normalized spacial score (nSPS) is 10.0. The lowest BCUT2D eigenvalue weighted by molar-refractivity contribution is -0.118. The molecule has 82 valence electrons. The molecule has 1 aromatic rings. The maximum atomic E-state index is 10.6. The number of hydrogen-bond donors (Lipinski definition) is 2. The van der Waals surface area contributed by atoms with Gasteiger partial charge in [0.2, 0.25) is 5.91 Å². The SMILES string of the molecule is CC(=O)NCC=Cc1ccc(O)c(C#N)c1. The zero-order chi connectivity index (χ0) is 12.0. The maximum Gasteiger partial charge on any atom is 0.217 e. The van der Waals surface area contributed by atoms with Gasteiger partial charge < -0.3 is 10.4 Å².